The molecule has 43 heavy (non-hydrogen) atoms. The van der Waals surface area contributed by atoms with E-state index in [9.17, 15) is 0 Å². The predicted molar refractivity (Wildman–Crippen MR) is 186 cm³/mol. The van der Waals surface area contributed by atoms with Crippen LogP contribution in [0.25, 0.3) is 47.0 Å². The van der Waals surface area contributed by atoms with Gasteiger partial charge in [-0.2, -0.15) is 0 Å². The number of benzene rings is 2. The van der Waals surface area contributed by atoms with Crippen molar-refractivity contribution in [3.05, 3.63) is 144 Å². The molecule has 0 saturated heterocycles. The van der Waals surface area contributed by atoms with E-state index in [1.165, 1.54) is 0 Å². The van der Waals surface area contributed by atoms with Crippen LogP contribution in [0.3, 0.4) is 0 Å². The van der Waals surface area contributed by atoms with E-state index in [-0.39, 0.29) is 6.04 Å². The fourth-order valence-corrected chi connectivity index (χ4v) is 6.63. The topological polar surface area (TPSA) is 51.2 Å². The molecular formula is C38H37N5. The van der Waals surface area contributed by atoms with E-state index in [0.29, 0.717) is 6.67 Å². The highest BCUT2D eigenvalue weighted by Crippen LogP contribution is 2.44. The molecule has 2 aliphatic heterocycles. The molecule has 0 fully saturated rings. The summed E-state index contributed by atoms with van der Waals surface area (Å²) in [6, 6.07) is 16.9. The van der Waals surface area contributed by atoms with Gasteiger partial charge >= 0.3 is 0 Å². The van der Waals surface area contributed by atoms with Gasteiger partial charge in [0, 0.05) is 38.8 Å². The summed E-state index contributed by atoms with van der Waals surface area (Å²) in [6.07, 6.45) is 18.4. The molecule has 4 heterocycles. The van der Waals surface area contributed by atoms with Crippen molar-refractivity contribution in [2.45, 2.75) is 26.6 Å². The summed E-state index contributed by atoms with van der Waals surface area (Å²) in [7, 11) is 0. The molecule has 1 unspecified atom stereocenters. The van der Waals surface area contributed by atoms with Crippen LogP contribution in [-0.2, 0) is 6.67 Å². The third-order valence-corrected chi connectivity index (χ3v) is 8.35. The van der Waals surface area contributed by atoms with Gasteiger partial charge in [0.15, 0.2) is 0 Å². The second-order valence-corrected chi connectivity index (χ2v) is 10.5. The Kier molecular flexibility index (Phi) is 7.26. The van der Waals surface area contributed by atoms with Crippen LogP contribution in [0.15, 0.2) is 116 Å². The minimum atomic E-state index is -0.0787. The number of hydrogen-bond donors (Lipinski definition) is 2. The summed E-state index contributed by atoms with van der Waals surface area (Å²) in [5.41, 5.74) is 16.9. The molecule has 5 nitrogen and oxygen atoms in total. The first-order valence-electron chi connectivity index (χ1n) is 14.5. The smallest absolute Gasteiger partial charge is 0.0945 e. The Morgan fingerprint density at radius 3 is 2.37 bits per heavy atom. The number of para-hydroxylation sites is 1. The van der Waals surface area contributed by atoms with Crippen LogP contribution < -0.4 is 26.5 Å². The quantitative estimate of drug-likeness (QED) is 0.241. The van der Waals surface area contributed by atoms with Gasteiger partial charge in [-0.25, -0.2) is 0 Å². The molecule has 214 valence electrons. The first kappa shape index (κ1) is 27.9. The molecule has 0 aliphatic carbocycles. The molecule has 2 aliphatic rings. The number of allylic oxidation sites excluding steroid dienone is 3. The second kappa shape index (κ2) is 11.2. The van der Waals surface area contributed by atoms with Crippen molar-refractivity contribution in [3.8, 4) is 5.69 Å². The Labute approximate surface area is 253 Å². The zero-order valence-electron chi connectivity index (χ0n) is 24.8. The van der Waals surface area contributed by atoms with E-state index in [4.69, 9.17) is 5.73 Å². The Bertz CT molecular complexity index is 2020. The molecule has 2 aromatic heterocycles. The van der Waals surface area contributed by atoms with Crippen molar-refractivity contribution < 1.29 is 0 Å². The molecule has 2 aromatic carbocycles. The Morgan fingerprint density at radius 1 is 0.953 bits per heavy atom. The van der Waals surface area contributed by atoms with Gasteiger partial charge in [-0.1, -0.05) is 74.9 Å². The monoisotopic (exact) mass is 563 g/mol. The number of aromatic nitrogens is 2. The van der Waals surface area contributed by atoms with E-state index in [1.807, 2.05) is 37.3 Å². The standard InChI is InChI=1S/C38H37N5/c1-7-16-33-28(10-4)37-35(42(33)25-18-14-13-15-19-25)23-36-38(40-37)29(11-5)34(17-8-2)43(36)26-20-21-32-30(22-26)27(9-3)31(12-6)41(32)24-39/h7-23,38,40H,1,3,5-6,24,39H2,2,4H3/b17-8-,28-10+,33-16+. The molecule has 1 atom stereocenters. The van der Waals surface area contributed by atoms with E-state index >= 15 is 0 Å². The van der Waals surface area contributed by atoms with Crippen molar-refractivity contribution in [1.82, 2.24) is 9.13 Å². The van der Waals surface area contributed by atoms with Gasteiger partial charge in [0.1, 0.15) is 0 Å². The van der Waals surface area contributed by atoms with Gasteiger partial charge in [0.05, 0.1) is 46.4 Å². The SMILES string of the molecule is C=C/C=c1\c(=C/C)c2c(n1-c1ccccc1)C=C1C(N2)C(C=C)=C(/C=C\C)N1c1ccc2c(c1)c(C=C)c(C=C)n2CN. The third-order valence-electron chi connectivity index (χ3n) is 8.35. The summed E-state index contributed by atoms with van der Waals surface area (Å²) in [5.74, 6) is 0. The zero-order valence-corrected chi connectivity index (χ0v) is 24.8. The van der Waals surface area contributed by atoms with Crippen LogP contribution in [-0.4, -0.2) is 15.2 Å². The summed E-state index contributed by atoms with van der Waals surface area (Å²) in [6.45, 7) is 20.9. The molecule has 0 saturated carbocycles. The lowest BCUT2D eigenvalue weighted by molar-refractivity contribution is 0.756. The highest BCUT2D eigenvalue weighted by Gasteiger charge is 2.39. The number of rotatable bonds is 8. The maximum absolute atomic E-state index is 6.17. The third kappa shape index (κ3) is 4.12. The second-order valence-electron chi connectivity index (χ2n) is 10.5. The van der Waals surface area contributed by atoms with Gasteiger partial charge in [0.2, 0.25) is 0 Å². The minimum absolute atomic E-state index is 0.0787. The van der Waals surface area contributed by atoms with Crippen LogP contribution in [0.4, 0.5) is 11.4 Å². The van der Waals surface area contributed by atoms with Crippen molar-refractivity contribution >= 4 is 52.7 Å². The van der Waals surface area contributed by atoms with Crippen molar-refractivity contribution in [3.63, 3.8) is 0 Å². The minimum Gasteiger partial charge on any atom is -0.371 e. The maximum atomic E-state index is 6.17. The fourth-order valence-electron chi connectivity index (χ4n) is 6.63. The number of nitrogens with zero attached hydrogens (tertiary/aromatic N) is 3. The van der Waals surface area contributed by atoms with E-state index in [1.54, 1.807) is 0 Å². The zero-order chi connectivity index (χ0) is 30.2. The first-order chi connectivity index (χ1) is 21.1. The van der Waals surface area contributed by atoms with Gasteiger partial charge in [-0.3, -0.25) is 0 Å². The molecule has 0 bridgehead atoms. The lowest BCUT2D eigenvalue weighted by Gasteiger charge is -2.29. The fraction of sp³-hybridized carbons (Fsp3) is 0.105. The summed E-state index contributed by atoms with van der Waals surface area (Å²) in [4.78, 5) is 2.34. The van der Waals surface area contributed by atoms with Crippen molar-refractivity contribution in [2.24, 2.45) is 5.73 Å². The van der Waals surface area contributed by atoms with Gasteiger partial charge in [-0.15, -0.1) is 0 Å². The number of fused-ring (bicyclic) bond motifs is 3. The molecule has 0 radical (unpaired) electrons. The van der Waals surface area contributed by atoms with Crippen LogP contribution in [0.1, 0.15) is 30.8 Å². The predicted octanol–water partition coefficient (Wildman–Crippen LogP) is 7.07. The molecule has 6 rings (SSSR count). The summed E-state index contributed by atoms with van der Waals surface area (Å²) >= 11 is 0. The molecular weight excluding hydrogens is 526 g/mol. The summed E-state index contributed by atoms with van der Waals surface area (Å²) < 4.78 is 4.38. The number of nitrogens with one attached hydrogen (secondary N) is 1. The van der Waals surface area contributed by atoms with Gasteiger partial charge < -0.3 is 25.1 Å². The average molecular weight is 564 g/mol. The molecule has 0 spiro atoms. The van der Waals surface area contributed by atoms with Gasteiger partial charge in [-0.05, 0) is 68.5 Å². The lowest BCUT2D eigenvalue weighted by Crippen LogP contribution is -2.32. The van der Waals surface area contributed by atoms with Crippen LogP contribution in [0.5, 0.6) is 0 Å². The Balaban J connectivity index is 1.66. The van der Waals surface area contributed by atoms with Crippen LogP contribution >= 0.6 is 0 Å². The Hall–Kier alpha value is -5.26. The highest BCUT2D eigenvalue weighted by molar-refractivity contribution is 5.97. The lowest BCUT2D eigenvalue weighted by atomic mass is 10.0. The van der Waals surface area contributed by atoms with Crippen LogP contribution in [0, 0.1) is 0 Å². The number of anilines is 2. The number of hydrogen-bond acceptors (Lipinski definition) is 3. The van der Waals surface area contributed by atoms with Crippen molar-refractivity contribution in [1.29, 1.82) is 0 Å². The molecule has 0 amide bonds. The molecule has 5 heteroatoms. The van der Waals surface area contributed by atoms with Gasteiger partial charge in [0.25, 0.3) is 0 Å². The average Bonchev–Trinajstić information content (AvgIpc) is 3.63. The number of nitrogens with two attached hydrogens (primary N) is 1. The molecule has 4 aromatic rings. The van der Waals surface area contributed by atoms with E-state index < -0.39 is 0 Å². The normalized spacial score (nSPS) is 16.9. The van der Waals surface area contributed by atoms with E-state index in [2.05, 4.69) is 125 Å². The largest absolute Gasteiger partial charge is 0.371 e. The Morgan fingerprint density at radius 2 is 1.74 bits per heavy atom. The van der Waals surface area contributed by atoms with Crippen molar-refractivity contribution in [2.75, 3.05) is 10.2 Å². The highest BCUT2D eigenvalue weighted by atomic mass is 15.2. The summed E-state index contributed by atoms with van der Waals surface area (Å²) in [5, 5.41) is 7.22. The van der Waals surface area contributed by atoms with Crippen LogP contribution in [0.2, 0.25) is 0 Å². The maximum Gasteiger partial charge on any atom is 0.0945 e. The van der Waals surface area contributed by atoms with E-state index in [0.717, 1.165) is 72.5 Å². The first-order valence-corrected chi connectivity index (χ1v) is 14.5. The molecule has 3 N–H and O–H groups in total.